The van der Waals surface area contributed by atoms with Crippen LogP contribution in [-0.4, -0.2) is 10.5 Å². The first kappa shape index (κ1) is 14.3. The van der Waals surface area contributed by atoms with E-state index in [0.717, 1.165) is 36.3 Å². The van der Waals surface area contributed by atoms with Crippen LogP contribution in [0.2, 0.25) is 0 Å². The van der Waals surface area contributed by atoms with Crippen LogP contribution < -0.4 is 5.73 Å². The molecule has 20 heavy (non-hydrogen) atoms. The number of nitrogens with zero attached hydrogens (tertiary/aromatic N) is 1. The molecule has 1 aromatic carbocycles. The molecule has 0 fully saturated rings. The zero-order valence-electron chi connectivity index (χ0n) is 11.8. The first-order valence-electron chi connectivity index (χ1n) is 6.80. The quantitative estimate of drug-likeness (QED) is 0.891. The molecule has 1 heterocycles. The van der Waals surface area contributed by atoms with Crippen molar-refractivity contribution in [1.29, 1.82) is 0 Å². The molecule has 3 nitrogen and oxygen atoms in total. The molecule has 0 aliphatic carbocycles. The highest BCUT2D eigenvalue weighted by molar-refractivity contribution is 5.95. The maximum absolute atomic E-state index is 13.0. The Bertz CT molecular complexity index is 614. The van der Waals surface area contributed by atoms with E-state index in [2.05, 4.69) is 11.5 Å². The van der Waals surface area contributed by atoms with Crippen molar-refractivity contribution in [2.45, 2.75) is 33.2 Å². The van der Waals surface area contributed by atoms with Gasteiger partial charge in [0.05, 0.1) is 5.56 Å². The summed E-state index contributed by atoms with van der Waals surface area (Å²) in [6.45, 7) is 4.83. The third-order valence-electron chi connectivity index (χ3n) is 3.51. The van der Waals surface area contributed by atoms with Crippen molar-refractivity contribution in [3.63, 3.8) is 0 Å². The number of halogens is 1. The van der Waals surface area contributed by atoms with E-state index < -0.39 is 5.91 Å². The second kappa shape index (κ2) is 5.90. The van der Waals surface area contributed by atoms with Gasteiger partial charge in [0.2, 0.25) is 0 Å². The van der Waals surface area contributed by atoms with Crippen LogP contribution in [0.5, 0.6) is 0 Å². The molecule has 0 atom stereocenters. The summed E-state index contributed by atoms with van der Waals surface area (Å²) in [4.78, 5) is 11.5. The molecule has 1 amide bonds. The second-order valence-electron chi connectivity index (χ2n) is 4.90. The molecule has 106 valence electrons. The normalized spacial score (nSPS) is 10.8. The average Bonchev–Trinajstić information content (AvgIpc) is 2.75. The van der Waals surface area contributed by atoms with Crippen molar-refractivity contribution >= 4 is 5.91 Å². The minimum absolute atomic E-state index is 0.271. The minimum atomic E-state index is -0.430. The van der Waals surface area contributed by atoms with Crippen LogP contribution in [0.4, 0.5) is 4.39 Å². The van der Waals surface area contributed by atoms with E-state index in [4.69, 9.17) is 5.73 Å². The van der Waals surface area contributed by atoms with Crippen LogP contribution in [0.15, 0.2) is 30.3 Å². The summed E-state index contributed by atoms with van der Waals surface area (Å²) in [5.41, 5.74) is 8.60. The predicted octanol–water partition coefficient (Wildman–Crippen LogP) is 3.50. The van der Waals surface area contributed by atoms with Gasteiger partial charge in [-0.15, -0.1) is 0 Å². The standard InChI is InChI=1S/C16H19FN2O/c1-3-4-9-19-11(2)14(16(18)20)10-15(19)12-5-7-13(17)8-6-12/h5-8,10H,3-4,9H2,1-2H3,(H2,18,20). The van der Waals surface area contributed by atoms with Gasteiger partial charge in [0.1, 0.15) is 5.82 Å². The second-order valence-corrected chi connectivity index (χ2v) is 4.90. The van der Waals surface area contributed by atoms with Crippen LogP contribution in [0.25, 0.3) is 11.3 Å². The van der Waals surface area contributed by atoms with Crippen molar-refractivity contribution in [2.24, 2.45) is 5.73 Å². The van der Waals surface area contributed by atoms with Gasteiger partial charge >= 0.3 is 0 Å². The molecular formula is C16H19FN2O. The third kappa shape index (κ3) is 2.74. The predicted molar refractivity (Wildman–Crippen MR) is 78.0 cm³/mol. The van der Waals surface area contributed by atoms with E-state index in [0.29, 0.717) is 5.56 Å². The van der Waals surface area contributed by atoms with Crippen LogP contribution in [0, 0.1) is 12.7 Å². The highest BCUT2D eigenvalue weighted by Gasteiger charge is 2.16. The van der Waals surface area contributed by atoms with Gasteiger partial charge in [-0.3, -0.25) is 4.79 Å². The number of amides is 1. The number of benzene rings is 1. The van der Waals surface area contributed by atoms with Gasteiger partial charge in [0.25, 0.3) is 5.91 Å². The fourth-order valence-electron chi connectivity index (χ4n) is 2.36. The maximum atomic E-state index is 13.0. The van der Waals surface area contributed by atoms with Crippen LogP contribution >= 0.6 is 0 Å². The van der Waals surface area contributed by atoms with Crippen LogP contribution in [-0.2, 0) is 6.54 Å². The highest BCUT2D eigenvalue weighted by atomic mass is 19.1. The third-order valence-corrected chi connectivity index (χ3v) is 3.51. The molecule has 1 aromatic heterocycles. The molecule has 0 radical (unpaired) electrons. The van der Waals surface area contributed by atoms with Crippen molar-refractivity contribution in [3.05, 3.63) is 47.4 Å². The van der Waals surface area contributed by atoms with E-state index >= 15 is 0 Å². The lowest BCUT2D eigenvalue weighted by Gasteiger charge is -2.11. The van der Waals surface area contributed by atoms with Gasteiger partial charge in [-0.05, 0) is 49.2 Å². The van der Waals surface area contributed by atoms with Crippen molar-refractivity contribution in [1.82, 2.24) is 4.57 Å². The summed E-state index contributed by atoms with van der Waals surface area (Å²) in [6, 6.07) is 8.08. The lowest BCUT2D eigenvalue weighted by molar-refractivity contribution is 0.0999. The van der Waals surface area contributed by atoms with Gasteiger partial charge < -0.3 is 10.3 Å². The lowest BCUT2D eigenvalue weighted by Crippen LogP contribution is -2.12. The fraction of sp³-hybridized carbons (Fsp3) is 0.312. The Balaban J connectivity index is 2.52. The monoisotopic (exact) mass is 274 g/mol. The Morgan fingerprint density at radius 2 is 1.95 bits per heavy atom. The number of hydrogen-bond donors (Lipinski definition) is 1. The van der Waals surface area contributed by atoms with E-state index in [1.807, 2.05) is 6.92 Å². The fourth-order valence-corrected chi connectivity index (χ4v) is 2.36. The Morgan fingerprint density at radius 1 is 1.30 bits per heavy atom. The van der Waals surface area contributed by atoms with E-state index in [-0.39, 0.29) is 5.82 Å². The molecule has 0 spiro atoms. The molecule has 4 heteroatoms. The Hall–Kier alpha value is -2.10. The number of primary amides is 1. The van der Waals surface area contributed by atoms with Gasteiger partial charge in [-0.25, -0.2) is 4.39 Å². The van der Waals surface area contributed by atoms with Crippen molar-refractivity contribution in [2.75, 3.05) is 0 Å². The molecule has 0 aliphatic rings. The number of carbonyl (C=O) groups excluding carboxylic acids is 1. The van der Waals surface area contributed by atoms with Crippen molar-refractivity contribution in [3.8, 4) is 11.3 Å². The minimum Gasteiger partial charge on any atom is -0.366 e. The topological polar surface area (TPSA) is 48.0 Å². The zero-order valence-corrected chi connectivity index (χ0v) is 11.8. The number of hydrogen-bond acceptors (Lipinski definition) is 1. The van der Waals surface area contributed by atoms with Crippen LogP contribution in [0.3, 0.4) is 0 Å². The Labute approximate surface area is 118 Å². The summed E-state index contributed by atoms with van der Waals surface area (Å²) in [6.07, 6.45) is 2.08. The summed E-state index contributed by atoms with van der Waals surface area (Å²) < 4.78 is 15.1. The molecule has 0 saturated carbocycles. The highest BCUT2D eigenvalue weighted by Crippen LogP contribution is 2.26. The Kier molecular flexibility index (Phi) is 4.23. The molecule has 2 rings (SSSR count). The number of nitrogens with two attached hydrogens (primary N) is 1. The number of unbranched alkanes of at least 4 members (excludes halogenated alkanes) is 1. The van der Waals surface area contributed by atoms with Gasteiger partial charge in [0, 0.05) is 17.9 Å². The molecular weight excluding hydrogens is 255 g/mol. The van der Waals surface area contributed by atoms with E-state index in [1.165, 1.54) is 12.1 Å². The Morgan fingerprint density at radius 3 is 2.50 bits per heavy atom. The van der Waals surface area contributed by atoms with Gasteiger partial charge in [-0.1, -0.05) is 13.3 Å². The number of rotatable bonds is 5. The summed E-state index contributed by atoms with van der Waals surface area (Å²) in [5, 5.41) is 0. The molecule has 0 saturated heterocycles. The first-order valence-corrected chi connectivity index (χ1v) is 6.80. The first-order chi connectivity index (χ1) is 9.54. The lowest BCUT2D eigenvalue weighted by atomic mass is 10.1. The molecule has 2 N–H and O–H groups in total. The van der Waals surface area contributed by atoms with Crippen molar-refractivity contribution < 1.29 is 9.18 Å². The summed E-state index contributed by atoms with van der Waals surface area (Å²) >= 11 is 0. The zero-order chi connectivity index (χ0) is 14.7. The SMILES string of the molecule is CCCCn1c(-c2ccc(F)cc2)cc(C(N)=O)c1C. The number of carbonyl (C=O) groups is 1. The summed E-state index contributed by atoms with van der Waals surface area (Å²) in [7, 11) is 0. The van der Waals surface area contributed by atoms with Gasteiger partial charge in [0.15, 0.2) is 0 Å². The molecule has 2 aromatic rings. The average molecular weight is 274 g/mol. The maximum Gasteiger partial charge on any atom is 0.250 e. The van der Waals surface area contributed by atoms with Crippen LogP contribution in [0.1, 0.15) is 35.8 Å². The van der Waals surface area contributed by atoms with Gasteiger partial charge in [-0.2, -0.15) is 0 Å². The van der Waals surface area contributed by atoms with E-state index in [9.17, 15) is 9.18 Å². The molecule has 0 bridgehead atoms. The largest absolute Gasteiger partial charge is 0.366 e. The molecule has 0 aliphatic heterocycles. The smallest absolute Gasteiger partial charge is 0.250 e. The number of aromatic nitrogens is 1. The molecule has 0 unspecified atom stereocenters. The van der Waals surface area contributed by atoms with E-state index in [1.54, 1.807) is 18.2 Å². The summed E-state index contributed by atoms with van der Waals surface area (Å²) in [5.74, 6) is -0.701.